The van der Waals surface area contributed by atoms with Gasteiger partial charge in [-0.25, -0.2) is 4.79 Å². The number of rotatable bonds is 3. The molecule has 2 aromatic carbocycles. The van der Waals surface area contributed by atoms with Crippen LogP contribution in [-0.4, -0.2) is 67.6 Å². The van der Waals surface area contributed by atoms with Crippen LogP contribution in [0.25, 0.3) is 11.6 Å². The molecule has 30 heavy (non-hydrogen) atoms. The van der Waals surface area contributed by atoms with E-state index in [1.54, 1.807) is 18.2 Å². The van der Waals surface area contributed by atoms with E-state index in [4.69, 9.17) is 9.47 Å². The lowest BCUT2D eigenvalue weighted by molar-refractivity contribution is -0.232. The van der Waals surface area contributed by atoms with Crippen LogP contribution in [0.3, 0.4) is 0 Å². The summed E-state index contributed by atoms with van der Waals surface area (Å²) in [5.74, 6) is -1.03. The predicted molar refractivity (Wildman–Crippen MR) is 102 cm³/mol. The molecule has 4 rings (SSSR count). The minimum Gasteiger partial charge on any atom is -0.508 e. The van der Waals surface area contributed by atoms with Gasteiger partial charge in [-0.15, -0.1) is 0 Å². The largest absolute Gasteiger partial charge is 0.508 e. The molecule has 1 saturated heterocycles. The maximum absolute atomic E-state index is 12.5. The van der Waals surface area contributed by atoms with E-state index in [-0.39, 0.29) is 28.4 Å². The van der Waals surface area contributed by atoms with Gasteiger partial charge in [0.25, 0.3) is 0 Å². The Hall–Kier alpha value is -2.95. The SMILES string of the molecule is O=C1Oc2c(ccc(O)c2[C@@H]2O[C@H](CO)[C@@H](O)[C@H](O)[C@H]2O)C1=Cc1ccc(O)cc1. The molecule has 2 aliphatic heterocycles. The number of esters is 1. The number of phenolic OH excluding ortho intramolecular Hbond substituents is 2. The topological polar surface area (TPSA) is 157 Å². The number of ether oxygens (including phenoxy) is 2. The first kappa shape index (κ1) is 20.3. The standard InChI is InChI=1S/C21H20O9/c22-8-14-16(25)17(26)18(27)20(29-14)15-13(24)6-5-11-12(21(28)30-19(11)15)7-9-1-3-10(23)4-2-9/h1-7,14,16-18,20,22-27H,8H2/t14-,16-,17+,18-,20+/m1/s1. The fourth-order valence-electron chi connectivity index (χ4n) is 3.66. The van der Waals surface area contributed by atoms with E-state index in [0.29, 0.717) is 11.1 Å². The Kier molecular flexibility index (Phi) is 5.22. The molecule has 158 valence electrons. The summed E-state index contributed by atoms with van der Waals surface area (Å²) in [5.41, 5.74) is 1.06. The number of hydrogen-bond donors (Lipinski definition) is 6. The minimum atomic E-state index is -1.65. The van der Waals surface area contributed by atoms with Crippen molar-refractivity contribution in [2.45, 2.75) is 30.5 Å². The van der Waals surface area contributed by atoms with Crippen molar-refractivity contribution in [3.05, 3.63) is 53.1 Å². The molecule has 0 bridgehead atoms. The molecule has 0 radical (unpaired) electrons. The van der Waals surface area contributed by atoms with Gasteiger partial charge in [0.05, 0.1) is 17.7 Å². The van der Waals surface area contributed by atoms with Gasteiger partial charge in [0.2, 0.25) is 0 Å². The number of aliphatic hydroxyl groups is 4. The number of hydrogen-bond acceptors (Lipinski definition) is 9. The van der Waals surface area contributed by atoms with E-state index in [9.17, 15) is 35.4 Å². The van der Waals surface area contributed by atoms with Crippen LogP contribution >= 0.6 is 0 Å². The van der Waals surface area contributed by atoms with Crippen LogP contribution in [0.5, 0.6) is 17.2 Å². The van der Waals surface area contributed by atoms with Gasteiger partial charge in [-0.1, -0.05) is 12.1 Å². The van der Waals surface area contributed by atoms with Gasteiger partial charge in [-0.05, 0) is 35.9 Å². The molecule has 2 aromatic rings. The highest BCUT2D eigenvalue weighted by molar-refractivity contribution is 6.26. The van der Waals surface area contributed by atoms with Crippen LogP contribution < -0.4 is 4.74 Å². The Morgan fingerprint density at radius 2 is 1.63 bits per heavy atom. The van der Waals surface area contributed by atoms with Crippen LogP contribution in [0.2, 0.25) is 0 Å². The van der Waals surface area contributed by atoms with Gasteiger partial charge >= 0.3 is 5.97 Å². The Morgan fingerprint density at radius 3 is 2.30 bits per heavy atom. The first-order valence-electron chi connectivity index (χ1n) is 9.21. The van der Waals surface area contributed by atoms with Crippen molar-refractivity contribution in [2.75, 3.05) is 6.61 Å². The first-order valence-corrected chi connectivity index (χ1v) is 9.21. The Bertz CT molecular complexity index is 996. The lowest BCUT2D eigenvalue weighted by atomic mass is 9.89. The second-order valence-electron chi connectivity index (χ2n) is 7.16. The summed E-state index contributed by atoms with van der Waals surface area (Å²) in [7, 11) is 0. The molecule has 0 aliphatic carbocycles. The molecule has 2 heterocycles. The summed E-state index contributed by atoms with van der Waals surface area (Å²) < 4.78 is 10.9. The summed E-state index contributed by atoms with van der Waals surface area (Å²) in [4.78, 5) is 12.5. The maximum Gasteiger partial charge on any atom is 0.344 e. The smallest absolute Gasteiger partial charge is 0.344 e. The molecule has 9 nitrogen and oxygen atoms in total. The number of carbonyl (C=O) groups is 1. The van der Waals surface area contributed by atoms with Crippen molar-refractivity contribution in [3.8, 4) is 17.2 Å². The third-order valence-corrected chi connectivity index (χ3v) is 5.26. The normalized spacial score (nSPS) is 29.7. The second-order valence-corrected chi connectivity index (χ2v) is 7.16. The number of phenols is 2. The fourth-order valence-corrected chi connectivity index (χ4v) is 3.66. The molecule has 0 spiro atoms. The van der Waals surface area contributed by atoms with E-state index in [0.717, 1.165) is 0 Å². The summed E-state index contributed by atoms with van der Waals surface area (Å²) >= 11 is 0. The molecule has 0 unspecified atom stereocenters. The van der Waals surface area contributed by atoms with Crippen LogP contribution in [-0.2, 0) is 9.53 Å². The lowest BCUT2D eigenvalue weighted by Gasteiger charge is -2.40. The average molecular weight is 416 g/mol. The molecule has 5 atom stereocenters. The highest BCUT2D eigenvalue weighted by atomic mass is 16.6. The monoisotopic (exact) mass is 416 g/mol. The van der Waals surface area contributed by atoms with Crippen molar-refractivity contribution >= 4 is 17.6 Å². The quantitative estimate of drug-likeness (QED) is 0.231. The van der Waals surface area contributed by atoms with E-state index in [2.05, 4.69) is 0 Å². The molecule has 2 aliphatic rings. The van der Waals surface area contributed by atoms with Crippen molar-refractivity contribution in [2.24, 2.45) is 0 Å². The zero-order valence-electron chi connectivity index (χ0n) is 15.5. The summed E-state index contributed by atoms with van der Waals surface area (Å²) in [6.45, 7) is -0.636. The molecule has 0 saturated carbocycles. The van der Waals surface area contributed by atoms with E-state index >= 15 is 0 Å². The molecule has 0 amide bonds. The van der Waals surface area contributed by atoms with Crippen molar-refractivity contribution in [1.29, 1.82) is 0 Å². The molecular formula is C21H20O9. The molecule has 6 N–H and O–H groups in total. The maximum atomic E-state index is 12.5. The van der Waals surface area contributed by atoms with Crippen LogP contribution in [0.1, 0.15) is 22.8 Å². The first-order chi connectivity index (χ1) is 14.3. The Labute approximate surface area is 170 Å². The fraction of sp³-hybridized carbons (Fsp3) is 0.286. The van der Waals surface area contributed by atoms with Crippen LogP contribution in [0.15, 0.2) is 36.4 Å². The Balaban J connectivity index is 1.79. The third-order valence-electron chi connectivity index (χ3n) is 5.26. The average Bonchev–Trinajstić information content (AvgIpc) is 3.04. The predicted octanol–water partition coefficient (Wildman–Crippen LogP) is 0.0723. The summed E-state index contributed by atoms with van der Waals surface area (Å²) in [5, 5.41) is 59.7. The zero-order valence-corrected chi connectivity index (χ0v) is 15.5. The van der Waals surface area contributed by atoms with Gasteiger partial charge < -0.3 is 40.1 Å². The zero-order chi connectivity index (χ0) is 21.6. The molecule has 9 heteroatoms. The number of aromatic hydroxyl groups is 2. The number of benzene rings is 2. The molecule has 0 aromatic heterocycles. The van der Waals surface area contributed by atoms with Crippen LogP contribution in [0.4, 0.5) is 0 Å². The lowest BCUT2D eigenvalue weighted by Crippen LogP contribution is -2.55. The third kappa shape index (κ3) is 3.32. The van der Waals surface area contributed by atoms with Crippen molar-refractivity contribution in [1.82, 2.24) is 0 Å². The molecular weight excluding hydrogens is 396 g/mol. The van der Waals surface area contributed by atoms with E-state index in [1.165, 1.54) is 24.3 Å². The van der Waals surface area contributed by atoms with Gasteiger partial charge in [0, 0.05) is 5.56 Å². The number of carbonyl (C=O) groups excluding carboxylic acids is 1. The van der Waals surface area contributed by atoms with Gasteiger partial charge in [0.1, 0.15) is 47.8 Å². The van der Waals surface area contributed by atoms with Gasteiger partial charge in [-0.3, -0.25) is 0 Å². The van der Waals surface area contributed by atoms with E-state index in [1.807, 2.05) is 0 Å². The summed E-state index contributed by atoms with van der Waals surface area (Å²) in [6, 6.07) is 8.89. The second kappa shape index (κ2) is 7.71. The van der Waals surface area contributed by atoms with Crippen LogP contribution in [0, 0.1) is 0 Å². The number of fused-ring (bicyclic) bond motifs is 1. The van der Waals surface area contributed by atoms with Gasteiger partial charge in [-0.2, -0.15) is 0 Å². The Morgan fingerprint density at radius 1 is 0.933 bits per heavy atom. The highest BCUT2D eigenvalue weighted by Gasteiger charge is 2.47. The minimum absolute atomic E-state index is 0.0469. The van der Waals surface area contributed by atoms with Crippen molar-refractivity contribution < 1.29 is 44.9 Å². The number of aliphatic hydroxyl groups excluding tert-OH is 4. The van der Waals surface area contributed by atoms with Gasteiger partial charge in [0.15, 0.2) is 0 Å². The molecule has 1 fully saturated rings. The van der Waals surface area contributed by atoms with Crippen molar-refractivity contribution in [3.63, 3.8) is 0 Å². The van der Waals surface area contributed by atoms with E-state index < -0.39 is 43.1 Å². The summed E-state index contributed by atoms with van der Waals surface area (Å²) in [6.07, 6.45) is -5.87. The highest BCUT2D eigenvalue weighted by Crippen LogP contribution is 2.48.